The molecule has 1 aromatic carbocycles. The van der Waals surface area contributed by atoms with Gasteiger partial charge in [-0.25, -0.2) is 9.97 Å². The molecule has 0 unspecified atom stereocenters. The number of para-hydroxylation sites is 1. The van der Waals surface area contributed by atoms with Crippen molar-refractivity contribution in [1.82, 2.24) is 24.6 Å². The highest BCUT2D eigenvalue weighted by Crippen LogP contribution is 2.37. The number of rotatable bonds is 5. The van der Waals surface area contributed by atoms with Gasteiger partial charge in [-0.15, -0.1) is 11.3 Å². The third-order valence-corrected chi connectivity index (χ3v) is 6.54. The van der Waals surface area contributed by atoms with Crippen molar-refractivity contribution >= 4 is 33.2 Å². The molecule has 3 aromatic heterocycles. The lowest BCUT2D eigenvalue weighted by molar-refractivity contribution is 0.212. The van der Waals surface area contributed by atoms with Crippen LogP contribution < -0.4 is 10.1 Å². The number of piperidine rings is 1. The molecular formula is C22H24N6OS. The Balaban J connectivity index is 1.41. The zero-order valence-electron chi connectivity index (χ0n) is 17.1. The predicted molar refractivity (Wildman–Crippen MR) is 121 cm³/mol. The van der Waals surface area contributed by atoms with Crippen LogP contribution in [0.2, 0.25) is 0 Å². The van der Waals surface area contributed by atoms with E-state index < -0.39 is 0 Å². The summed E-state index contributed by atoms with van der Waals surface area (Å²) in [7, 11) is 3.86. The van der Waals surface area contributed by atoms with Gasteiger partial charge < -0.3 is 15.0 Å². The van der Waals surface area contributed by atoms with Crippen LogP contribution >= 0.6 is 11.3 Å². The number of anilines is 2. The number of likely N-dealkylation sites (tertiary alicyclic amines) is 1. The fourth-order valence-electron chi connectivity index (χ4n) is 3.94. The van der Waals surface area contributed by atoms with Crippen LogP contribution in [0.1, 0.15) is 18.9 Å². The standard InChI is InChI=1S/C22H24N6OS/c1-27-9-7-16(8-10-27)28-13-15(11-24-28)25-22-23-12-20-21(26-22)18(14-30-20)17-5-3-4-6-19(17)29-2/h3-6,11-14,16H,7-10H2,1-2H3,(H,23,25,26). The molecule has 4 aromatic rings. The normalized spacial score (nSPS) is 15.5. The van der Waals surface area contributed by atoms with Gasteiger partial charge in [0.15, 0.2) is 0 Å². The number of hydrogen-bond donors (Lipinski definition) is 1. The quantitative estimate of drug-likeness (QED) is 0.510. The Morgan fingerprint density at radius 1 is 1.13 bits per heavy atom. The molecule has 8 heteroatoms. The van der Waals surface area contributed by atoms with Crippen molar-refractivity contribution in [3.63, 3.8) is 0 Å². The minimum absolute atomic E-state index is 0.453. The average molecular weight is 421 g/mol. The van der Waals surface area contributed by atoms with E-state index in [1.165, 1.54) is 0 Å². The Morgan fingerprint density at radius 3 is 2.80 bits per heavy atom. The van der Waals surface area contributed by atoms with E-state index in [1.54, 1.807) is 18.4 Å². The summed E-state index contributed by atoms with van der Waals surface area (Å²) in [6.45, 7) is 2.22. The molecule has 1 aliphatic rings. The lowest BCUT2D eigenvalue weighted by atomic mass is 10.1. The number of nitrogens with one attached hydrogen (secondary N) is 1. The Labute approximate surface area is 179 Å². The third kappa shape index (κ3) is 3.64. The van der Waals surface area contributed by atoms with Crippen LogP contribution in [0.25, 0.3) is 21.3 Å². The summed E-state index contributed by atoms with van der Waals surface area (Å²) in [6.07, 6.45) is 8.02. The van der Waals surface area contributed by atoms with E-state index in [0.717, 1.165) is 58.7 Å². The molecule has 1 N–H and O–H groups in total. The van der Waals surface area contributed by atoms with Crippen LogP contribution in [0.5, 0.6) is 5.75 Å². The fourth-order valence-corrected chi connectivity index (χ4v) is 4.80. The second-order valence-corrected chi connectivity index (χ2v) is 8.54. The third-order valence-electron chi connectivity index (χ3n) is 5.63. The molecule has 0 aliphatic carbocycles. The van der Waals surface area contributed by atoms with Crippen molar-refractivity contribution < 1.29 is 4.74 Å². The molecule has 1 fully saturated rings. The minimum atomic E-state index is 0.453. The lowest BCUT2D eigenvalue weighted by Crippen LogP contribution is -2.31. The van der Waals surface area contributed by atoms with Crippen LogP contribution in [0, 0.1) is 0 Å². The summed E-state index contributed by atoms with van der Waals surface area (Å²) in [6, 6.07) is 8.46. The van der Waals surface area contributed by atoms with E-state index in [-0.39, 0.29) is 0 Å². The highest BCUT2D eigenvalue weighted by Gasteiger charge is 2.19. The van der Waals surface area contributed by atoms with Gasteiger partial charge >= 0.3 is 0 Å². The molecule has 0 saturated carbocycles. The molecule has 30 heavy (non-hydrogen) atoms. The fraction of sp³-hybridized carbons (Fsp3) is 0.318. The number of hydrogen-bond acceptors (Lipinski definition) is 7. The van der Waals surface area contributed by atoms with Gasteiger partial charge in [-0.2, -0.15) is 5.10 Å². The summed E-state index contributed by atoms with van der Waals surface area (Å²) >= 11 is 1.64. The van der Waals surface area contributed by atoms with E-state index in [1.807, 2.05) is 30.6 Å². The molecule has 1 aliphatic heterocycles. The van der Waals surface area contributed by atoms with E-state index in [0.29, 0.717) is 12.0 Å². The summed E-state index contributed by atoms with van der Waals surface area (Å²) in [5, 5.41) is 10.00. The monoisotopic (exact) mass is 420 g/mol. The number of benzene rings is 1. The van der Waals surface area contributed by atoms with Gasteiger partial charge in [-0.1, -0.05) is 18.2 Å². The first-order valence-electron chi connectivity index (χ1n) is 10.1. The van der Waals surface area contributed by atoms with Gasteiger partial charge in [0.2, 0.25) is 5.95 Å². The first-order chi connectivity index (χ1) is 14.7. The smallest absolute Gasteiger partial charge is 0.227 e. The molecular weight excluding hydrogens is 396 g/mol. The molecule has 4 heterocycles. The molecule has 7 nitrogen and oxygen atoms in total. The highest BCUT2D eigenvalue weighted by atomic mass is 32.1. The molecule has 1 saturated heterocycles. The number of methoxy groups -OCH3 is 1. The van der Waals surface area contributed by atoms with Crippen LogP contribution in [0.15, 0.2) is 48.2 Å². The number of nitrogens with zero attached hydrogens (tertiary/aromatic N) is 5. The van der Waals surface area contributed by atoms with Crippen molar-refractivity contribution in [2.45, 2.75) is 18.9 Å². The van der Waals surface area contributed by atoms with Crippen molar-refractivity contribution in [2.24, 2.45) is 0 Å². The lowest BCUT2D eigenvalue weighted by Gasteiger charge is -2.28. The van der Waals surface area contributed by atoms with Crippen molar-refractivity contribution in [1.29, 1.82) is 0 Å². The van der Waals surface area contributed by atoms with Gasteiger partial charge in [-0.05, 0) is 39.0 Å². The second-order valence-electron chi connectivity index (χ2n) is 7.62. The highest BCUT2D eigenvalue weighted by molar-refractivity contribution is 7.17. The summed E-state index contributed by atoms with van der Waals surface area (Å²) in [5.74, 6) is 1.41. The molecule has 5 rings (SSSR count). The van der Waals surface area contributed by atoms with Gasteiger partial charge in [-0.3, -0.25) is 4.68 Å². The maximum Gasteiger partial charge on any atom is 0.227 e. The van der Waals surface area contributed by atoms with E-state index in [9.17, 15) is 0 Å². The molecule has 154 valence electrons. The summed E-state index contributed by atoms with van der Waals surface area (Å²) in [4.78, 5) is 11.7. The predicted octanol–water partition coefficient (Wildman–Crippen LogP) is 4.57. The van der Waals surface area contributed by atoms with Gasteiger partial charge in [0.25, 0.3) is 0 Å². The van der Waals surface area contributed by atoms with E-state index >= 15 is 0 Å². The zero-order chi connectivity index (χ0) is 20.5. The average Bonchev–Trinajstić information content (AvgIpc) is 3.41. The van der Waals surface area contributed by atoms with Crippen LogP contribution in [-0.2, 0) is 0 Å². The SMILES string of the molecule is COc1ccccc1-c1csc2cnc(Nc3cnn(C4CCN(C)CC4)c3)nc12. The summed E-state index contributed by atoms with van der Waals surface area (Å²) in [5.41, 5.74) is 3.91. The van der Waals surface area contributed by atoms with Crippen molar-refractivity contribution in [3.05, 3.63) is 48.2 Å². The number of thiophene rings is 1. The van der Waals surface area contributed by atoms with Gasteiger partial charge in [0.05, 0.1) is 41.4 Å². The van der Waals surface area contributed by atoms with Gasteiger partial charge in [0, 0.05) is 22.7 Å². The summed E-state index contributed by atoms with van der Waals surface area (Å²) < 4.78 is 8.66. The maximum absolute atomic E-state index is 5.54. The molecule has 0 radical (unpaired) electrons. The Morgan fingerprint density at radius 2 is 1.97 bits per heavy atom. The molecule has 0 spiro atoms. The van der Waals surface area contributed by atoms with Crippen molar-refractivity contribution in [2.75, 3.05) is 32.6 Å². The van der Waals surface area contributed by atoms with Crippen LogP contribution in [0.4, 0.5) is 11.6 Å². The van der Waals surface area contributed by atoms with Gasteiger partial charge in [0.1, 0.15) is 5.75 Å². The molecule has 0 bridgehead atoms. The van der Waals surface area contributed by atoms with Crippen LogP contribution in [-0.4, -0.2) is 51.9 Å². The molecule has 0 atom stereocenters. The topological polar surface area (TPSA) is 68.1 Å². The second kappa shape index (κ2) is 8.04. The number of ether oxygens (including phenoxy) is 1. The van der Waals surface area contributed by atoms with E-state index in [4.69, 9.17) is 9.72 Å². The van der Waals surface area contributed by atoms with Crippen LogP contribution in [0.3, 0.4) is 0 Å². The Hall–Kier alpha value is -2.97. The Bertz CT molecular complexity index is 1160. The van der Waals surface area contributed by atoms with Crippen molar-refractivity contribution in [3.8, 4) is 16.9 Å². The minimum Gasteiger partial charge on any atom is -0.496 e. The first kappa shape index (κ1) is 19.0. The number of fused-ring (bicyclic) bond motifs is 1. The van der Waals surface area contributed by atoms with E-state index in [2.05, 4.69) is 49.7 Å². The maximum atomic E-state index is 5.54. The largest absolute Gasteiger partial charge is 0.496 e. The first-order valence-corrected chi connectivity index (χ1v) is 11.0. The Kier molecular flexibility index (Phi) is 5.10. The zero-order valence-corrected chi connectivity index (χ0v) is 17.9. The number of aromatic nitrogens is 4. The molecule has 0 amide bonds.